The molecular weight excluding hydrogens is 278 g/mol. The van der Waals surface area contributed by atoms with Crippen molar-refractivity contribution in [3.05, 3.63) is 23.2 Å². The Hall–Kier alpha value is -1.30. The van der Waals surface area contributed by atoms with Gasteiger partial charge in [-0.2, -0.15) is 0 Å². The Labute approximate surface area is 124 Å². The number of nitrogens with zero attached hydrogens (tertiary/aromatic N) is 1. The molecule has 0 radical (unpaired) electrons. The average molecular weight is 298 g/mol. The van der Waals surface area contributed by atoms with Crippen LogP contribution in [0.2, 0.25) is 5.02 Å². The summed E-state index contributed by atoms with van der Waals surface area (Å²) in [5, 5.41) is 6.66. The van der Waals surface area contributed by atoms with E-state index in [0.29, 0.717) is 23.0 Å². The van der Waals surface area contributed by atoms with E-state index < -0.39 is 0 Å². The number of methoxy groups -OCH3 is 1. The Morgan fingerprint density at radius 1 is 1.45 bits per heavy atom. The van der Waals surface area contributed by atoms with Gasteiger partial charge < -0.3 is 15.4 Å². The van der Waals surface area contributed by atoms with Crippen molar-refractivity contribution in [1.82, 2.24) is 10.2 Å². The van der Waals surface area contributed by atoms with Crippen LogP contribution in [0, 0.1) is 0 Å². The van der Waals surface area contributed by atoms with Gasteiger partial charge in [0.25, 0.3) is 0 Å². The lowest BCUT2D eigenvalue weighted by Gasteiger charge is -2.19. The molecule has 0 aromatic heterocycles. The van der Waals surface area contributed by atoms with Crippen LogP contribution in [0.15, 0.2) is 18.2 Å². The number of carbonyl (C=O) groups is 1. The lowest BCUT2D eigenvalue weighted by molar-refractivity contribution is -0.117. The normalized spacial score (nSPS) is 16.5. The van der Waals surface area contributed by atoms with Crippen molar-refractivity contribution in [2.45, 2.75) is 6.42 Å². The highest BCUT2D eigenvalue weighted by Crippen LogP contribution is 2.26. The minimum Gasteiger partial charge on any atom is -0.497 e. The van der Waals surface area contributed by atoms with Crippen molar-refractivity contribution >= 4 is 23.2 Å². The van der Waals surface area contributed by atoms with E-state index in [2.05, 4.69) is 15.5 Å². The maximum Gasteiger partial charge on any atom is 0.238 e. The number of nitrogens with one attached hydrogen (secondary N) is 2. The van der Waals surface area contributed by atoms with Crippen LogP contribution >= 0.6 is 11.6 Å². The molecular formula is C14H20ClN3O2. The van der Waals surface area contributed by atoms with E-state index >= 15 is 0 Å². The molecule has 1 aromatic carbocycles. The van der Waals surface area contributed by atoms with Crippen LogP contribution < -0.4 is 15.4 Å². The molecule has 2 N–H and O–H groups in total. The van der Waals surface area contributed by atoms with Gasteiger partial charge in [0.15, 0.2) is 0 Å². The van der Waals surface area contributed by atoms with Gasteiger partial charge in [0.1, 0.15) is 5.75 Å². The van der Waals surface area contributed by atoms with E-state index in [1.165, 1.54) is 0 Å². The fraction of sp³-hybridized carbons (Fsp3) is 0.500. The zero-order valence-electron chi connectivity index (χ0n) is 11.6. The van der Waals surface area contributed by atoms with Crippen molar-refractivity contribution in [2.75, 3.05) is 45.2 Å². The highest BCUT2D eigenvalue weighted by molar-refractivity contribution is 6.33. The van der Waals surface area contributed by atoms with Gasteiger partial charge in [-0.3, -0.25) is 9.69 Å². The van der Waals surface area contributed by atoms with E-state index in [1.54, 1.807) is 25.3 Å². The third-order valence-corrected chi connectivity index (χ3v) is 3.58. The molecule has 2 rings (SSSR count). The first-order valence-corrected chi connectivity index (χ1v) is 7.13. The summed E-state index contributed by atoms with van der Waals surface area (Å²) in [5.74, 6) is 0.616. The Morgan fingerprint density at radius 3 is 3.10 bits per heavy atom. The molecule has 20 heavy (non-hydrogen) atoms. The van der Waals surface area contributed by atoms with E-state index in [4.69, 9.17) is 16.3 Å². The summed E-state index contributed by atoms with van der Waals surface area (Å²) in [6, 6.07) is 5.20. The molecule has 0 bridgehead atoms. The van der Waals surface area contributed by atoms with Gasteiger partial charge >= 0.3 is 0 Å². The Balaban J connectivity index is 1.93. The molecule has 6 heteroatoms. The molecule has 0 unspecified atom stereocenters. The number of amides is 1. The largest absolute Gasteiger partial charge is 0.497 e. The molecule has 1 aromatic rings. The number of rotatable bonds is 4. The number of benzene rings is 1. The highest BCUT2D eigenvalue weighted by atomic mass is 35.5. The lowest BCUT2D eigenvalue weighted by Crippen LogP contribution is -2.35. The SMILES string of the molecule is COc1ccc(Cl)c(NC(=O)CN2CCCNCC2)c1. The van der Waals surface area contributed by atoms with E-state index in [9.17, 15) is 4.79 Å². The fourth-order valence-corrected chi connectivity index (χ4v) is 2.34. The molecule has 1 aliphatic rings. The summed E-state index contributed by atoms with van der Waals surface area (Å²) in [4.78, 5) is 14.2. The standard InChI is InChI=1S/C14H20ClN3O2/c1-20-11-3-4-12(15)13(9-11)17-14(19)10-18-7-2-5-16-6-8-18/h3-4,9,16H,2,5-8,10H2,1H3,(H,17,19). The predicted octanol–water partition coefficient (Wildman–Crippen LogP) is 1.58. The van der Waals surface area contributed by atoms with Crippen LogP contribution in [0.1, 0.15) is 6.42 Å². The number of hydrogen-bond donors (Lipinski definition) is 2. The van der Waals surface area contributed by atoms with Crippen molar-refractivity contribution in [2.24, 2.45) is 0 Å². The summed E-state index contributed by atoms with van der Waals surface area (Å²) < 4.78 is 5.13. The second kappa shape index (κ2) is 7.47. The Bertz CT molecular complexity index is 460. The molecule has 1 amide bonds. The molecule has 0 aliphatic carbocycles. The molecule has 1 fully saturated rings. The number of anilines is 1. The third kappa shape index (κ3) is 4.37. The molecule has 0 saturated carbocycles. The first-order valence-electron chi connectivity index (χ1n) is 6.75. The zero-order valence-corrected chi connectivity index (χ0v) is 12.4. The van der Waals surface area contributed by atoms with Gasteiger partial charge in [0.2, 0.25) is 5.91 Å². The zero-order chi connectivity index (χ0) is 14.4. The van der Waals surface area contributed by atoms with Gasteiger partial charge in [-0.25, -0.2) is 0 Å². The maximum atomic E-state index is 12.1. The monoisotopic (exact) mass is 297 g/mol. The summed E-state index contributed by atoms with van der Waals surface area (Å²) in [6.07, 6.45) is 1.06. The molecule has 1 saturated heterocycles. The van der Waals surface area contributed by atoms with E-state index in [1.807, 2.05) is 0 Å². The minimum atomic E-state index is -0.0537. The van der Waals surface area contributed by atoms with Crippen LogP contribution in [0.3, 0.4) is 0 Å². The fourth-order valence-electron chi connectivity index (χ4n) is 2.18. The first kappa shape index (κ1) is 15.1. The van der Waals surface area contributed by atoms with Crippen molar-refractivity contribution in [3.63, 3.8) is 0 Å². The third-order valence-electron chi connectivity index (χ3n) is 3.25. The molecule has 5 nitrogen and oxygen atoms in total. The average Bonchev–Trinajstić information content (AvgIpc) is 2.70. The van der Waals surface area contributed by atoms with Crippen LogP contribution in [0.25, 0.3) is 0 Å². The molecule has 0 atom stereocenters. The van der Waals surface area contributed by atoms with Gasteiger partial charge in [0, 0.05) is 19.2 Å². The second-order valence-electron chi connectivity index (χ2n) is 4.77. The number of carbonyl (C=O) groups excluding carboxylic acids is 1. The van der Waals surface area contributed by atoms with Crippen molar-refractivity contribution in [1.29, 1.82) is 0 Å². The summed E-state index contributed by atoms with van der Waals surface area (Å²) in [7, 11) is 1.58. The van der Waals surface area contributed by atoms with E-state index in [0.717, 1.165) is 32.6 Å². The van der Waals surface area contributed by atoms with Gasteiger partial charge in [-0.15, -0.1) is 0 Å². The van der Waals surface area contributed by atoms with Crippen molar-refractivity contribution in [3.8, 4) is 5.75 Å². The van der Waals surface area contributed by atoms with Gasteiger partial charge in [0.05, 0.1) is 24.4 Å². The van der Waals surface area contributed by atoms with E-state index in [-0.39, 0.29) is 5.91 Å². The number of ether oxygens (including phenoxy) is 1. The van der Waals surface area contributed by atoms with Gasteiger partial charge in [-0.05, 0) is 31.6 Å². The van der Waals surface area contributed by atoms with Crippen LogP contribution in [0.4, 0.5) is 5.69 Å². The molecule has 0 spiro atoms. The van der Waals surface area contributed by atoms with Gasteiger partial charge in [-0.1, -0.05) is 11.6 Å². The first-order chi connectivity index (χ1) is 9.69. The molecule has 1 heterocycles. The van der Waals surface area contributed by atoms with Crippen LogP contribution in [-0.4, -0.2) is 50.6 Å². The van der Waals surface area contributed by atoms with Crippen molar-refractivity contribution < 1.29 is 9.53 Å². The highest BCUT2D eigenvalue weighted by Gasteiger charge is 2.14. The quantitative estimate of drug-likeness (QED) is 0.886. The minimum absolute atomic E-state index is 0.0537. The Kier molecular flexibility index (Phi) is 5.64. The number of halogens is 1. The van der Waals surface area contributed by atoms with Crippen LogP contribution in [-0.2, 0) is 4.79 Å². The van der Waals surface area contributed by atoms with Crippen LogP contribution in [0.5, 0.6) is 5.75 Å². The molecule has 1 aliphatic heterocycles. The maximum absolute atomic E-state index is 12.1. The number of hydrogen-bond acceptors (Lipinski definition) is 4. The summed E-state index contributed by atoms with van der Waals surface area (Å²) >= 11 is 6.07. The summed E-state index contributed by atoms with van der Waals surface area (Å²) in [5.41, 5.74) is 0.587. The molecule has 110 valence electrons. The second-order valence-corrected chi connectivity index (χ2v) is 5.18. The Morgan fingerprint density at radius 2 is 2.30 bits per heavy atom. The topological polar surface area (TPSA) is 53.6 Å². The lowest BCUT2D eigenvalue weighted by atomic mass is 10.3. The predicted molar refractivity (Wildman–Crippen MR) is 80.6 cm³/mol. The smallest absolute Gasteiger partial charge is 0.238 e. The summed E-state index contributed by atoms with van der Waals surface area (Å²) in [6.45, 7) is 4.15.